The van der Waals surface area contributed by atoms with E-state index in [0.29, 0.717) is 31.0 Å². The molecule has 1 aromatic rings. The Morgan fingerprint density at radius 3 is 2.63 bits per heavy atom. The molecule has 1 amide bonds. The lowest BCUT2D eigenvalue weighted by Crippen LogP contribution is -2.40. The molecule has 1 aromatic carbocycles. The van der Waals surface area contributed by atoms with Crippen LogP contribution in [0.2, 0.25) is 0 Å². The second-order valence-electron chi connectivity index (χ2n) is 7.39. The van der Waals surface area contributed by atoms with Crippen LogP contribution in [-0.4, -0.2) is 60.1 Å². The van der Waals surface area contributed by atoms with Crippen molar-refractivity contribution in [3.63, 3.8) is 0 Å². The molecule has 0 radical (unpaired) electrons. The summed E-state index contributed by atoms with van der Waals surface area (Å²) in [5.41, 5.74) is 0.432. The maximum absolute atomic E-state index is 14.0. The van der Waals surface area contributed by atoms with Gasteiger partial charge in [0.15, 0.2) is 11.6 Å². The number of hydrogen-bond acceptors (Lipinski definition) is 4. The fourth-order valence-corrected chi connectivity index (χ4v) is 4.14. The highest BCUT2D eigenvalue weighted by Crippen LogP contribution is 2.31. The number of rotatable bonds is 7. The predicted molar refractivity (Wildman–Crippen MR) is 98.1 cm³/mol. The van der Waals surface area contributed by atoms with Crippen molar-refractivity contribution in [1.82, 2.24) is 9.80 Å². The van der Waals surface area contributed by atoms with Crippen molar-refractivity contribution in [3.8, 4) is 5.75 Å². The largest absolute Gasteiger partial charge is 0.494 e. The Balaban J connectivity index is 1.58. The van der Waals surface area contributed by atoms with E-state index in [9.17, 15) is 19.1 Å². The molecule has 0 bridgehead atoms. The van der Waals surface area contributed by atoms with E-state index in [1.807, 2.05) is 9.80 Å². The number of likely N-dealkylation sites (tertiary alicyclic amines) is 2. The molecule has 0 saturated carbocycles. The molecule has 2 saturated heterocycles. The lowest BCUT2D eigenvalue weighted by Gasteiger charge is -2.36. The summed E-state index contributed by atoms with van der Waals surface area (Å²) in [5.74, 6) is -0.665. The van der Waals surface area contributed by atoms with Gasteiger partial charge in [-0.15, -0.1) is 0 Å². The van der Waals surface area contributed by atoms with Gasteiger partial charge in [-0.3, -0.25) is 14.5 Å². The van der Waals surface area contributed by atoms with Crippen LogP contribution in [0.1, 0.15) is 43.7 Å². The van der Waals surface area contributed by atoms with Crippen LogP contribution in [0, 0.1) is 11.7 Å². The first kappa shape index (κ1) is 19.6. The van der Waals surface area contributed by atoms with Gasteiger partial charge in [0.05, 0.1) is 7.11 Å². The quantitative estimate of drug-likeness (QED) is 0.790. The summed E-state index contributed by atoms with van der Waals surface area (Å²) in [5, 5.41) is 9.70. The zero-order chi connectivity index (χ0) is 19.4. The number of carboxylic acids is 1. The summed E-state index contributed by atoms with van der Waals surface area (Å²) in [4.78, 5) is 27.4. The summed E-state index contributed by atoms with van der Waals surface area (Å²) >= 11 is 0. The number of ether oxygens (including phenoxy) is 1. The number of methoxy groups -OCH3 is 1. The van der Waals surface area contributed by atoms with Crippen LogP contribution >= 0.6 is 0 Å². The Morgan fingerprint density at radius 1 is 1.33 bits per heavy atom. The van der Waals surface area contributed by atoms with E-state index in [1.165, 1.54) is 19.2 Å². The number of aliphatic carboxylic acids is 1. The van der Waals surface area contributed by atoms with E-state index in [4.69, 9.17) is 4.74 Å². The first-order chi connectivity index (χ1) is 13.0. The fraction of sp³-hybridized carbons (Fsp3) is 0.600. The van der Waals surface area contributed by atoms with Gasteiger partial charge in [0.25, 0.3) is 0 Å². The third-order valence-electron chi connectivity index (χ3n) is 5.72. The zero-order valence-electron chi connectivity index (χ0n) is 15.7. The molecule has 1 N–H and O–H groups in total. The van der Waals surface area contributed by atoms with Crippen LogP contribution in [0.3, 0.4) is 0 Å². The van der Waals surface area contributed by atoms with Gasteiger partial charge in [0.2, 0.25) is 5.91 Å². The molecule has 7 heteroatoms. The standard InChI is InChI=1S/C20H27FN2O4/c1-27-17-5-4-15(13-16(17)21)19(20(25)26)23-11-7-14(8-12-23)6-10-22-9-2-3-18(22)24/h4-5,13-14,19H,2-3,6-12H2,1H3,(H,25,26)/t19-/m1/s1. The van der Waals surface area contributed by atoms with E-state index < -0.39 is 17.8 Å². The van der Waals surface area contributed by atoms with Crippen molar-refractivity contribution < 1.29 is 23.8 Å². The highest BCUT2D eigenvalue weighted by atomic mass is 19.1. The minimum atomic E-state index is -0.972. The van der Waals surface area contributed by atoms with Gasteiger partial charge < -0.3 is 14.7 Å². The predicted octanol–water partition coefficient (Wildman–Crippen LogP) is 2.68. The first-order valence-corrected chi connectivity index (χ1v) is 9.57. The average molecular weight is 378 g/mol. The number of amides is 1. The van der Waals surface area contributed by atoms with E-state index >= 15 is 0 Å². The highest BCUT2D eigenvalue weighted by molar-refractivity contribution is 5.78. The number of piperidine rings is 1. The number of benzene rings is 1. The molecular formula is C20H27FN2O4. The third kappa shape index (κ3) is 4.58. The van der Waals surface area contributed by atoms with Crippen LogP contribution in [0.15, 0.2) is 18.2 Å². The van der Waals surface area contributed by atoms with Crippen molar-refractivity contribution in [1.29, 1.82) is 0 Å². The van der Waals surface area contributed by atoms with Crippen molar-refractivity contribution >= 4 is 11.9 Å². The number of hydrogen-bond donors (Lipinski definition) is 1. The molecule has 2 aliphatic rings. The summed E-state index contributed by atoms with van der Waals surface area (Å²) < 4.78 is 18.9. The van der Waals surface area contributed by atoms with Gasteiger partial charge in [-0.25, -0.2) is 4.39 Å². The summed E-state index contributed by atoms with van der Waals surface area (Å²) in [6, 6.07) is 3.49. The topological polar surface area (TPSA) is 70.1 Å². The molecule has 0 aromatic heterocycles. The molecule has 0 aliphatic carbocycles. The fourth-order valence-electron chi connectivity index (χ4n) is 4.14. The summed E-state index contributed by atoms with van der Waals surface area (Å²) in [6.45, 7) is 2.98. The van der Waals surface area contributed by atoms with Gasteiger partial charge in [-0.05, 0) is 62.4 Å². The molecule has 6 nitrogen and oxygen atoms in total. The maximum atomic E-state index is 14.0. The van der Waals surface area contributed by atoms with Crippen LogP contribution in [-0.2, 0) is 9.59 Å². The Labute approximate surface area is 158 Å². The lowest BCUT2D eigenvalue weighted by atomic mass is 9.91. The smallest absolute Gasteiger partial charge is 0.325 e. The monoisotopic (exact) mass is 378 g/mol. The molecule has 148 valence electrons. The molecule has 3 rings (SSSR count). The number of carboxylic acid groups (broad SMARTS) is 1. The maximum Gasteiger partial charge on any atom is 0.325 e. The van der Waals surface area contributed by atoms with Gasteiger partial charge in [0.1, 0.15) is 6.04 Å². The SMILES string of the molecule is COc1ccc([C@H](C(=O)O)N2CCC(CCN3CCCC3=O)CC2)cc1F. The van der Waals surface area contributed by atoms with E-state index in [-0.39, 0.29) is 11.7 Å². The Hall–Kier alpha value is -2.15. The van der Waals surface area contributed by atoms with Gasteiger partial charge in [0, 0.05) is 19.5 Å². The summed E-state index contributed by atoms with van der Waals surface area (Å²) in [7, 11) is 1.38. The van der Waals surface area contributed by atoms with Crippen LogP contribution in [0.5, 0.6) is 5.75 Å². The Bertz CT molecular complexity index is 689. The minimum Gasteiger partial charge on any atom is -0.494 e. The molecule has 27 heavy (non-hydrogen) atoms. The van der Waals surface area contributed by atoms with E-state index in [0.717, 1.165) is 38.8 Å². The zero-order valence-corrected chi connectivity index (χ0v) is 15.7. The second kappa shape index (κ2) is 8.69. The number of nitrogens with zero attached hydrogens (tertiary/aromatic N) is 2. The molecule has 1 atom stereocenters. The van der Waals surface area contributed by atoms with Crippen molar-refractivity contribution in [2.75, 3.05) is 33.3 Å². The van der Waals surface area contributed by atoms with E-state index in [1.54, 1.807) is 6.07 Å². The van der Waals surface area contributed by atoms with Crippen LogP contribution in [0.4, 0.5) is 4.39 Å². The molecule has 2 fully saturated rings. The van der Waals surface area contributed by atoms with Gasteiger partial charge >= 0.3 is 5.97 Å². The number of halogens is 1. The molecule has 0 unspecified atom stereocenters. The normalized spacial score (nSPS) is 20.1. The summed E-state index contributed by atoms with van der Waals surface area (Å²) in [6.07, 6.45) is 4.37. The molecular weight excluding hydrogens is 351 g/mol. The number of carbonyl (C=O) groups is 2. The molecule has 0 spiro atoms. The first-order valence-electron chi connectivity index (χ1n) is 9.57. The second-order valence-corrected chi connectivity index (χ2v) is 7.39. The average Bonchev–Trinajstić information content (AvgIpc) is 3.06. The third-order valence-corrected chi connectivity index (χ3v) is 5.72. The van der Waals surface area contributed by atoms with E-state index in [2.05, 4.69) is 0 Å². The van der Waals surface area contributed by atoms with Crippen molar-refractivity contribution in [3.05, 3.63) is 29.6 Å². The van der Waals surface area contributed by atoms with Crippen molar-refractivity contribution in [2.24, 2.45) is 5.92 Å². The molecule has 2 heterocycles. The van der Waals surface area contributed by atoms with Gasteiger partial charge in [-0.1, -0.05) is 6.07 Å². The lowest BCUT2D eigenvalue weighted by molar-refractivity contribution is -0.144. The number of carbonyl (C=O) groups excluding carboxylic acids is 1. The Morgan fingerprint density at radius 2 is 2.07 bits per heavy atom. The highest BCUT2D eigenvalue weighted by Gasteiger charge is 2.32. The van der Waals surface area contributed by atoms with Gasteiger partial charge in [-0.2, -0.15) is 0 Å². The molecule has 2 aliphatic heterocycles. The van der Waals surface area contributed by atoms with Crippen molar-refractivity contribution in [2.45, 2.75) is 38.1 Å². The van der Waals surface area contributed by atoms with Crippen LogP contribution < -0.4 is 4.74 Å². The minimum absolute atomic E-state index is 0.109. The van der Waals surface area contributed by atoms with Crippen LogP contribution in [0.25, 0.3) is 0 Å². The Kier molecular flexibility index (Phi) is 6.31.